The number of nitrogens with one attached hydrogen (secondary N) is 1. The first-order chi connectivity index (χ1) is 9.52. The predicted octanol–water partition coefficient (Wildman–Crippen LogP) is 4.18. The molecule has 2 aromatic rings. The fourth-order valence-corrected chi connectivity index (χ4v) is 2.62. The quantitative estimate of drug-likeness (QED) is 0.835. The van der Waals surface area contributed by atoms with E-state index in [0.29, 0.717) is 12.5 Å². The summed E-state index contributed by atoms with van der Waals surface area (Å²) in [6.45, 7) is 6.96. The van der Waals surface area contributed by atoms with Crippen molar-refractivity contribution >= 4 is 15.9 Å². The third kappa shape index (κ3) is 4.76. The second kappa shape index (κ2) is 7.04. The molecule has 1 aromatic carbocycles. The largest absolute Gasteiger partial charge is 0.350 e. The monoisotopic (exact) mass is 338 g/mol. The maximum Gasteiger partial charge on any atom is 0.124 e. The highest BCUT2D eigenvalue weighted by Crippen LogP contribution is 2.16. The zero-order valence-corrected chi connectivity index (χ0v) is 13.5. The highest BCUT2D eigenvalue weighted by atomic mass is 79.9. The number of nitrogens with zero attached hydrogens (tertiary/aromatic N) is 1. The lowest BCUT2D eigenvalue weighted by Gasteiger charge is -2.06. The summed E-state index contributed by atoms with van der Waals surface area (Å²) in [4.78, 5) is 0. The molecule has 1 heterocycles. The molecule has 0 bridgehead atoms. The van der Waals surface area contributed by atoms with Crippen molar-refractivity contribution in [2.24, 2.45) is 5.92 Å². The molecule has 1 aromatic heterocycles. The minimum Gasteiger partial charge on any atom is -0.350 e. The van der Waals surface area contributed by atoms with Crippen LogP contribution in [-0.2, 0) is 13.1 Å². The van der Waals surface area contributed by atoms with Crippen molar-refractivity contribution in [2.75, 3.05) is 6.54 Å². The van der Waals surface area contributed by atoms with Crippen LogP contribution in [0.4, 0.5) is 4.39 Å². The zero-order valence-electron chi connectivity index (χ0n) is 11.9. The van der Waals surface area contributed by atoms with E-state index in [-0.39, 0.29) is 5.82 Å². The van der Waals surface area contributed by atoms with Gasteiger partial charge in [0.15, 0.2) is 0 Å². The molecular weight excluding hydrogens is 319 g/mol. The fraction of sp³-hybridized carbons (Fsp3) is 0.375. The van der Waals surface area contributed by atoms with Gasteiger partial charge in [-0.15, -0.1) is 0 Å². The van der Waals surface area contributed by atoms with Crippen LogP contribution in [0.1, 0.15) is 25.0 Å². The van der Waals surface area contributed by atoms with Crippen molar-refractivity contribution in [3.05, 3.63) is 58.1 Å². The first kappa shape index (κ1) is 15.3. The van der Waals surface area contributed by atoms with Gasteiger partial charge in [0.1, 0.15) is 5.82 Å². The highest BCUT2D eigenvalue weighted by molar-refractivity contribution is 9.10. The van der Waals surface area contributed by atoms with Crippen LogP contribution in [0.15, 0.2) is 41.1 Å². The van der Waals surface area contributed by atoms with Crippen molar-refractivity contribution in [1.82, 2.24) is 9.88 Å². The predicted molar refractivity (Wildman–Crippen MR) is 84.2 cm³/mol. The van der Waals surface area contributed by atoms with E-state index >= 15 is 0 Å². The maximum atomic E-state index is 13.3. The lowest BCUT2D eigenvalue weighted by molar-refractivity contribution is 0.552. The van der Waals surface area contributed by atoms with Crippen LogP contribution >= 0.6 is 15.9 Å². The molecule has 20 heavy (non-hydrogen) atoms. The Morgan fingerprint density at radius 2 is 2.05 bits per heavy atom. The van der Waals surface area contributed by atoms with Gasteiger partial charge in [0.25, 0.3) is 0 Å². The molecule has 0 atom stereocenters. The van der Waals surface area contributed by atoms with E-state index in [2.05, 4.69) is 51.9 Å². The topological polar surface area (TPSA) is 17.0 Å². The number of benzene rings is 1. The number of aromatic nitrogens is 1. The third-order valence-electron chi connectivity index (χ3n) is 2.98. The summed E-state index contributed by atoms with van der Waals surface area (Å²) in [5.74, 6) is 0.446. The molecular formula is C16H20BrFN2. The molecule has 108 valence electrons. The minimum atomic E-state index is -0.208. The van der Waals surface area contributed by atoms with Crippen LogP contribution in [0.25, 0.3) is 0 Å². The van der Waals surface area contributed by atoms with Gasteiger partial charge in [0.05, 0.1) is 0 Å². The average Bonchev–Trinajstić information content (AvgIpc) is 2.74. The molecule has 2 nitrogen and oxygen atoms in total. The first-order valence-corrected chi connectivity index (χ1v) is 7.62. The lowest BCUT2D eigenvalue weighted by Crippen LogP contribution is -2.18. The Balaban J connectivity index is 1.95. The normalized spacial score (nSPS) is 11.2. The number of hydrogen-bond acceptors (Lipinski definition) is 1. The molecule has 4 heteroatoms. The van der Waals surface area contributed by atoms with E-state index in [9.17, 15) is 4.39 Å². The Hall–Kier alpha value is -1.13. The van der Waals surface area contributed by atoms with Crippen molar-refractivity contribution in [3.8, 4) is 0 Å². The fourth-order valence-electron chi connectivity index (χ4n) is 2.11. The van der Waals surface area contributed by atoms with Gasteiger partial charge in [0.2, 0.25) is 0 Å². The number of hydrogen-bond donors (Lipinski definition) is 1. The standard InChI is InChI=1S/C16H20BrFN2/c1-12(2)8-19-9-13-3-4-20(10-13)11-14-5-15(17)7-16(18)6-14/h3-7,10,12,19H,8-9,11H2,1-2H3. The third-order valence-corrected chi connectivity index (χ3v) is 3.44. The summed E-state index contributed by atoms with van der Waals surface area (Å²) < 4.78 is 16.2. The number of rotatable bonds is 6. The first-order valence-electron chi connectivity index (χ1n) is 6.83. The van der Waals surface area contributed by atoms with Crippen molar-refractivity contribution in [3.63, 3.8) is 0 Å². The van der Waals surface area contributed by atoms with Gasteiger partial charge < -0.3 is 9.88 Å². The molecule has 0 aliphatic rings. The second-order valence-electron chi connectivity index (χ2n) is 5.49. The lowest BCUT2D eigenvalue weighted by atomic mass is 10.2. The summed E-state index contributed by atoms with van der Waals surface area (Å²) in [7, 11) is 0. The van der Waals surface area contributed by atoms with Gasteiger partial charge in [-0.1, -0.05) is 29.8 Å². The van der Waals surface area contributed by atoms with Crippen molar-refractivity contribution in [1.29, 1.82) is 0 Å². The van der Waals surface area contributed by atoms with Gasteiger partial charge in [0, 0.05) is 30.0 Å². The van der Waals surface area contributed by atoms with Crippen LogP contribution in [0.2, 0.25) is 0 Å². The van der Waals surface area contributed by atoms with E-state index in [4.69, 9.17) is 0 Å². The van der Waals surface area contributed by atoms with Gasteiger partial charge in [-0.05, 0) is 47.9 Å². The maximum absolute atomic E-state index is 13.3. The Morgan fingerprint density at radius 1 is 1.25 bits per heavy atom. The molecule has 0 aliphatic heterocycles. The molecule has 0 saturated carbocycles. The van der Waals surface area contributed by atoms with Gasteiger partial charge in [-0.3, -0.25) is 0 Å². The van der Waals surface area contributed by atoms with E-state index in [1.165, 1.54) is 11.6 Å². The summed E-state index contributed by atoms with van der Waals surface area (Å²) in [6.07, 6.45) is 4.14. The molecule has 1 N–H and O–H groups in total. The van der Waals surface area contributed by atoms with Crippen molar-refractivity contribution in [2.45, 2.75) is 26.9 Å². The smallest absolute Gasteiger partial charge is 0.124 e. The minimum absolute atomic E-state index is 0.208. The van der Waals surface area contributed by atoms with Gasteiger partial charge >= 0.3 is 0 Å². The Bertz CT molecular complexity index is 543. The van der Waals surface area contributed by atoms with E-state index in [1.54, 1.807) is 6.07 Å². The molecule has 0 spiro atoms. The Labute approximate surface area is 128 Å². The van der Waals surface area contributed by atoms with Crippen molar-refractivity contribution < 1.29 is 4.39 Å². The molecule has 0 fully saturated rings. The Kier molecular flexibility index (Phi) is 5.38. The summed E-state index contributed by atoms with van der Waals surface area (Å²) in [5, 5.41) is 3.42. The second-order valence-corrected chi connectivity index (χ2v) is 6.41. The summed E-state index contributed by atoms with van der Waals surface area (Å²) in [6, 6.07) is 7.09. The molecule has 0 saturated heterocycles. The molecule has 0 amide bonds. The number of halogens is 2. The van der Waals surface area contributed by atoms with Crippen LogP contribution in [-0.4, -0.2) is 11.1 Å². The molecule has 0 aliphatic carbocycles. The van der Waals surface area contributed by atoms with Crippen LogP contribution in [0.3, 0.4) is 0 Å². The molecule has 2 rings (SSSR count). The highest BCUT2D eigenvalue weighted by Gasteiger charge is 2.02. The summed E-state index contributed by atoms with van der Waals surface area (Å²) in [5.41, 5.74) is 2.20. The van der Waals surface area contributed by atoms with Crippen LogP contribution in [0, 0.1) is 11.7 Å². The van der Waals surface area contributed by atoms with Gasteiger partial charge in [-0.25, -0.2) is 4.39 Å². The average molecular weight is 339 g/mol. The molecule has 0 unspecified atom stereocenters. The molecule has 0 radical (unpaired) electrons. The summed E-state index contributed by atoms with van der Waals surface area (Å²) >= 11 is 3.32. The van der Waals surface area contributed by atoms with E-state index in [1.807, 2.05) is 12.3 Å². The zero-order chi connectivity index (χ0) is 14.5. The Morgan fingerprint density at radius 3 is 2.75 bits per heavy atom. The van der Waals surface area contributed by atoms with E-state index < -0.39 is 0 Å². The van der Waals surface area contributed by atoms with Gasteiger partial charge in [-0.2, -0.15) is 0 Å². The SMILES string of the molecule is CC(C)CNCc1ccn(Cc2cc(F)cc(Br)c2)c1. The van der Waals surface area contributed by atoms with E-state index in [0.717, 1.165) is 23.1 Å². The van der Waals surface area contributed by atoms with Crippen LogP contribution in [0.5, 0.6) is 0 Å². The van der Waals surface area contributed by atoms with Crippen LogP contribution < -0.4 is 5.32 Å².